The lowest BCUT2D eigenvalue weighted by Crippen LogP contribution is -2.17. The fourth-order valence-corrected chi connectivity index (χ4v) is 3.92. The van der Waals surface area contributed by atoms with Gasteiger partial charge in [-0.05, 0) is 41.5 Å². The van der Waals surface area contributed by atoms with Crippen molar-refractivity contribution >= 4 is 20.6 Å². The molecule has 1 saturated heterocycles. The third-order valence-corrected chi connectivity index (χ3v) is 5.03. The van der Waals surface area contributed by atoms with Gasteiger partial charge in [0.2, 0.25) is 0 Å². The highest BCUT2D eigenvalue weighted by molar-refractivity contribution is 7.91. The van der Waals surface area contributed by atoms with Gasteiger partial charge >= 0.3 is 0 Å². The Labute approximate surface area is 111 Å². The first-order valence-corrected chi connectivity index (χ1v) is 7.94. The van der Waals surface area contributed by atoms with Gasteiger partial charge in [0.05, 0.1) is 11.5 Å². The summed E-state index contributed by atoms with van der Waals surface area (Å²) in [5.41, 5.74) is 0. The summed E-state index contributed by atoms with van der Waals surface area (Å²) >= 11 is 0. The summed E-state index contributed by atoms with van der Waals surface area (Å²) in [6, 6.07) is 10.7. The van der Waals surface area contributed by atoms with Crippen molar-refractivity contribution in [1.29, 1.82) is 0 Å². The minimum Gasteiger partial charge on any atom is -0.508 e. The van der Waals surface area contributed by atoms with Crippen molar-refractivity contribution < 1.29 is 18.3 Å². The molecule has 19 heavy (non-hydrogen) atoms. The molecule has 1 aliphatic heterocycles. The van der Waals surface area contributed by atoms with E-state index in [0.29, 0.717) is 12.2 Å². The van der Waals surface area contributed by atoms with E-state index in [2.05, 4.69) is 0 Å². The van der Waals surface area contributed by atoms with Crippen LogP contribution in [0.1, 0.15) is 6.42 Å². The zero-order valence-electron chi connectivity index (χ0n) is 10.2. The SMILES string of the molecule is O=S1(=O)CCC(Oc2ccc3ccc(O)cc3c2)C1. The molecule has 3 rings (SSSR count). The summed E-state index contributed by atoms with van der Waals surface area (Å²) in [5, 5.41) is 11.3. The molecule has 0 saturated carbocycles. The Hall–Kier alpha value is -1.75. The van der Waals surface area contributed by atoms with Gasteiger partial charge in [-0.25, -0.2) is 8.42 Å². The van der Waals surface area contributed by atoms with E-state index < -0.39 is 9.84 Å². The van der Waals surface area contributed by atoms with Crippen molar-refractivity contribution in [1.82, 2.24) is 0 Å². The molecule has 0 amide bonds. The van der Waals surface area contributed by atoms with Crippen LogP contribution < -0.4 is 4.74 Å². The lowest BCUT2D eigenvalue weighted by molar-refractivity contribution is 0.229. The highest BCUT2D eigenvalue weighted by Gasteiger charge is 2.29. The van der Waals surface area contributed by atoms with E-state index in [4.69, 9.17) is 4.74 Å². The number of fused-ring (bicyclic) bond motifs is 1. The number of rotatable bonds is 2. The first-order chi connectivity index (χ1) is 9.02. The summed E-state index contributed by atoms with van der Waals surface area (Å²) in [7, 11) is -2.93. The maximum absolute atomic E-state index is 11.4. The molecule has 0 spiro atoms. The molecular formula is C14H14O4S. The van der Waals surface area contributed by atoms with Crippen LogP contribution >= 0.6 is 0 Å². The standard InChI is InChI=1S/C14H14O4S/c15-12-3-1-10-2-4-13(8-11(10)7-12)18-14-5-6-19(16,17)9-14/h1-4,7-8,14-15H,5-6,9H2. The van der Waals surface area contributed by atoms with Gasteiger partial charge in [-0.2, -0.15) is 0 Å². The van der Waals surface area contributed by atoms with Crippen molar-refractivity contribution in [2.45, 2.75) is 12.5 Å². The van der Waals surface area contributed by atoms with E-state index in [1.807, 2.05) is 24.3 Å². The van der Waals surface area contributed by atoms with Gasteiger partial charge < -0.3 is 9.84 Å². The van der Waals surface area contributed by atoms with E-state index in [1.54, 1.807) is 12.1 Å². The van der Waals surface area contributed by atoms with Crippen LogP contribution in [-0.4, -0.2) is 31.1 Å². The molecular weight excluding hydrogens is 264 g/mol. The Morgan fingerprint density at radius 1 is 1.11 bits per heavy atom. The van der Waals surface area contributed by atoms with Crippen molar-refractivity contribution in [3.63, 3.8) is 0 Å². The zero-order chi connectivity index (χ0) is 13.5. The smallest absolute Gasteiger partial charge is 0.154 e. The largest absolute Gasteiger partial charge is 0.508 e. The molecule has 2 aromatic rings. The summed E-state index contributed by atoms with van der Waals surface area (Å²) < 4.78 is 28.4. The highest BCUT2D eigenvalue weighted by atomic mass is 32.2. The molecule has 5 heteroatoms. The number of hydrogen-bond acceptors (Lipinski definition) is 4. The number of aromatic hydroxyl groups is 1. The van der Waals surface area contributed by atoms with E-state index >= 15 is 0 Å². The van der Waals surface area contributed by atoms with Crippen LogP contribution in [0.25, 0.3) is 10.8 Å². The average Bonchev–Trinajstić information content (AvgIpc) is 2.68. The molecule has 4 nitrogen and oxygen atoms in total. The molecule has 1 N–H and O–H groups in total. The van der Waals surface area contributed by atoms with Crippen LogP contribution in [0.4, 0.5) is 0 Å². The molecule has 0 aromatic heterocycles. The minimum absolute atomic E-state index is 0.0884. The lowest BCUT2D eigenvalue weighted by Gasteiger charge is -2.12. The van der Waals surface area contributed by atoms with Crippen LogP contribution in [0, 0.1) is 0 Å². The second-order valence-corrected chi connectivity index (χ2v) is 7.06. The summed E-state index contributed by atoms with van der Waals surface area (Å²) in [5.74, 6) is 1.13. The zero-order valence-corrected chi connectivity index (χ0v) is 11.1. The van der Waals surface area contributed by atoms with Gasteiger partial charge in [-0.3, -0.25) is 0 Å². The molecule has 1 unspecified atom stereocenters. The quantitative estimate of drug-likeness (QED) is 0.914. The third-order valence-electron chi connectivity index (χ3n) is 3.29. The summed E-state index contributed by atoms with van der Waals surface area (Å²) in [6.45, 7) is 0. The Bertz CT molecular complexity index is 721. The topological polar surface area (TPSA) is 63.6 Å². The predicted octanol–water partition coefficient (Wildman–Crippen LogP) is 2.11. The number of phenolic OH excluding ortho intramolecular Hbond substituents is 1. The Balaban J connectivity index is 1.85. The van der Waals surface area contributed by atoms with E-state index in [9.17, 15) is 13.5 Å². The van der Waals surface area contributed by atoms with Gasteiger partial charge in [-0.15, -0.1) is 0 Å². The van der Waals surface area contributed by atoms with Crippen LogP contribution in [0.5, 0.6) is 11.5 Å². The fraction of sp³-hybridized carbons (Fsp3) is 0.286. The van der Waals surface area contributed by atoms with Gasteiger partial charge in [0, 0.05) is 0 Å². The van der Waals surface area contributed by atoms with E-state index in [0.717, 1.165) is 10.8 Å². The summed E-state index contributed by atoms with van der Waals surface area (Å²) in [6.07, 6.45) is 0.278. The normalized spacial score (nSPS) is 21.6. The molecule has 2 aromatic carbocycles. The van der Waals surface area contributed by atoms with Crippen molar-refractivity contribution in [3.05, 3.63) is 36.4 Å². The molecule has 0 radical (unpaired) electrons. The predicted molar refractivity (Wildman–Crippen MR) is 73.3 cm³/mol. The Morgan fingerprint density at radius 2 is 1.89 bits per heavy atom. The molecule has 1 heterocycles. The fourth-order valence-electron chi connectivity index (χ4n) is 2.33. The monoisotopic (exact) mass is 278 g/mol. The van der Waals surface area contributed by atoms with Crippen LogP contribution in [-0.2, 0) is 9.84 Å². The van der Waals surface area contributed by atoms with Gasteiger partial charge in [0.1, 0.15) is 17.6 Å². The first kappa shape index (κ1) is 12.3. The maximum atomic E-state index is 11.4. The lowest BCUT2D eigenvalue weighted by atomic mass is 10.1. The number of sulfone groups is 1. The van der Waals surface area contributed by atoms with Crippen molar-refractivity contribution in [2.24, 2.45) is 0 Å². The number of benzene rings is 2. The Morgan fingerprint density at radius 3 is 2.63 bits per heavy atom. The molecule has 1 atom stereocenters. The van der Waals surface area contributed by atoms with Gasteiger partial charge in [-0.1, -0.05) is 12.1 Å². The second-order valence-electron chi connectivity index (χ2n) is 4.84. The van der Waals surface area contributed by atoms with Gasteiger partial charge in [0.25, 0.3) is 0 Å². The number of phenols is 1. The van der Waals surface area contributed by atoms with Crippen LogP contribution in [0.15, 0.2) is 36.4 Å². The molecule has 100 valence electrons. The van der Waals surface area contributed by atoms with Crippen molar-refractivity contribution in [2.75, 3.05) is 11.5 Å². The number of hydrogen-bond donors (Lipinski definition) is 1. The minimum atomic E-state index is -2.93. The molecule has 0 aliphatic carbocycles. The van der Waals surface area contributed by atoms with Gasteiger partial charge in [0.15, 0.2) is 9.84 Å². The maximum Gasteiger partial charge on any atom is 0.154 e. The average molecular weight is 278 g/mol. The first-order valence-electron chi connectivity index (χ1n) is 6.12. The second kappa shape index (κ2) is 4.42. The molecule has 1 aliphatic rings. The van der Waals surface area contributed by atoms with Crippen LogP contribution in [0.3, 0.4) is 0 Å². The van der Waals surface area contributed by atoms with E-state index in [1.165, 1.54) is 0 Å². The summed E-state index contributed by atoms with van der Waals surface area (Å²) in [4.78, 5) is 0. The molecule has 1 fully saturated rings. The van der Waals surface area contributed by atoms with Crippen molar-refractivity contribution in [3.8, 4) is 11.5 Å². The highest BCUT2D eigenvalue weighted by Crippen LogP contribution is 2.26. The Kier molecular flexibility index (Phi) is 2.86. The molecule has 0 bridgehead atoms. The van der Waals surface area contributed by atoms with Crippen LogP contribution in [0.2, 0.25) is 0 Å². The van der Waals surface area contributed by atoms with E-state index in [-0.39, 0.29) is 23.4 Å². The third kappa shape index (κ3) is 2.66. The number of ether oxygens (including phenoxy) is 1.